The number of hydrogen-bond donors (Lipinski definition) is 0. The van der Waals surface area contributed by atoms with Crippen LogP contribution in [0.2, 0.25) is 0 Å². The lowest BCUT2D eigenvalue weighted by Crippen LogP contribution is -1.95. The Kier molecular flexibility index (Phi) is 17.1. The lowest BCUT2D eigenvalue weighted by molar-refractivity contribution is 0.538. The second kappa shape index (κ2) is 17.5. The van der Waals surface area contributed by atoms with Gasteiger partial charge in [-0.05, 0) is 25.2 Å². The van der Waals surface area contributed by atoms with Crippen LogP contribution in [0, 0.1) is 5.92 Å². The van der Waals surface area contributed by atoms with Gasteiger partial charge in [-0.15, -0.1) is 13.2 Å². The van der Waals surface area contributed by atoms with Crippen LogP contribution in [-0.2, 0) is 0 Å². The Morgan fingerprint density at radius 1 is 0.619 bits per heavy atom. The Bertz CT molecular complexity index is 206. The van der Waals surface area contributed by atoms with Crippen molar-refractivity contribution in [2.45, 2.75) is 103 Å². The zero-order valence-corrected chi connectivity index (χ0v) is 14.7. The fourth-order valence-corrected chi connectivity index (χ4v) is 2.91. The van der Waals surface area contributed by atoms with Gasteiger partial charge in [-0.2, -0.15) is 0 Å². The van der Waals surface area contributed by atoms with E-state index < -0.39 is 0 Å². The minimum Gasteiger partial charge on any atom is -0.103 e. The van der Waals surface area contributed by atoms with E-state index in [1.54, 1.807) is 5.92 Å². The predicted molar refractivity (Wildman–Crippen MR) is 98.6 cm³/mol. The van der Waals surface area contributed by atoms with Gasteiger partial charge >= 0.3 is 0 Å². The fourth-order valence-electron chi connectivity index (χ4n) is 2.91. The molecule has 1 radical (unpaired) electrons. The van der Waals surface area contributed by atoms with Gasteiger partial charge in [0.25, 0.3) is 0 Å². The van der Waals surface area contributed by atoms with Gasteiger partial charge < -0.3 is 0 Å². The van der Waals surface area contributed by atoms with Gasteiger partial charge in [-0.3, -0.25) is 0 Å². The minimum absolute atomic E-state index is 1.07. The second-order valence-corrected chi connectivity index (χ2v) is 6.37. The molecular formula is C21H39. The summed E-state index contributed by atoms with van der Waals surface area (Å²) >= 11 is 0. The van der Waals surface area contributed by atoms with Crippen molar-refractivity contribution in [2.24, 2.45) is 0 Å². The average molecular weight is 292 g/mol. The molecule has 0 saturated heterocycles. The van der Waals surface area contributed by atoms with Crippen LogP contribution < -0.4 is 0 Å². The highest BCUT2D eigenvalue weighted by molar-refractivity contribution is 5.00. The lowest BCUT2D eigenvalue weighted by atomic mass is 9.94. The minimum atomic E-state index is 1.07. The summed E-state index contributed by atoms with van der Waals surface area (Å²) in [5.74, 6) is 1.60. The van der Waals surface area contributed by atoms with E-state index in [2.05, 4.69) is 20.1 Å². The number of allylic oxidation sites excluding steroid dienone is 2. The Labute approximate surface area is 135 Å². The van der Waals surface area contributed by atoms with E-state index in [9.17, 15) is 0 Å². The molecule has 0 nitrogen and oxygen atoms in total. The van der Waals surface area contributed by atoms with Gasteiger partial charge in [-0.25, -0.2) is 0 Å². The molecule has 0 aromatic carbocycles. The van der Waals surface area contributed by atoms with Crippen molar-refractivity contribution in [3.8, 4) is 0 Å². The van der Waals surface area contributed by atoms with E-state index in [4.69, 9.17) is 0 Å². The average Bonchev–Trinajstić information content (AvgIpc) is 2.48. The van der Waals surface area contributed by atoms with Gasteiger partial charge in [0.2, 0.25) is 0 Å². The molecule has 0 aliphatic rings. The van der Waals surface area contributed by atoms with Crippen LogP contribution in [0.4, 0.5) is 0 Å². The molecule has 0 atom stereocenters. The van der Waals surface area contributed by atoms with Crippen LogP contribution in [0.1, 0.15) is 103 Å². The normalized spacial score (nSPS) is 11.0. The fraction of sp³-hybridized carbons (Fsp3) is 0.762. The van der Waals surface area contributed by atoms with Crippen molar-refractivity contribution < 1.29 is 0 Å². The molecule has 0 aliphatic carbocycles. The van der Waals surface area contributed by atoms with Gasteiger partial charge in [-0.1, -0.05) is 96.1 Å². The van der Waals surface area contributed by atoms with E-state index in [1.165, 1.54) is 83.5 Å². The maximum Gasteiger partial charge on any atom is -0.0166 e. The van der Waals surface area contributed by atoms with Crippen molar-refractivity contribution >= 4 is 0 Å². The van der Waals surface area contributed by atoms with Crippen LogP contribution in [0.5, 0.6) is 0 Å². The molecule has 0 unspecified atom stereocenters. The SMILES string of the molecule is C=CC[C](CC=C)CCCCCCCCCCCCCC. The molecule has 0 rings (SSSR count). The van der Waals surface area contributed by atoms with Crippen LogP contribution >= 0.6 is 0 Å². The molecule has 0 fully saturated rings. The first-order valence-electron chi connectivity index (χ1n) is 9.40. The highest BCUT2D eigenvalue weighted by atomic mass is 14.1. The summed E-state index contributed by atoms with van der Waals surface area (Å²) in [5.41, 5.74) is 0. The summed E-state index contributed by atoms with van der Waals surface area (Å²) in [4.78, 5) is 0. The summed E-state index contributed by atoms with van der Waals surface area (Å²) in [7, 11) is 0. The van der Waals surface area contributed by atoms with Crippen LogP contribution in [0.25, 0.3) is 0 Å². The molecule has 0 amide bonds. The van der Waals surface area contributed by atoms with Gasteiger partial charge in [0.05, 0.1) is 0 Å². The van der Waals surface area contributed by atoms with Gasteiger partial charge in [0.1, 0.15) is 0 Å². The van der Waals surface area contributed by atoms with Crippen molar-refractivity contribution in [1.82, 2.24) is 0 Å². The third-order valence-corrected chi connectivity index (χ3v) is 4.25. The highest BCUT2D eigenvalue weighted by Crippen LogP contribution is 2.21. The first kappa shape index (κ1) is 20.5. The smallest absolute Gasteiger partial charge is 0.0166 e. The number of hydrogen-bond acceptors (Lipinski definition) is 0. The van der Waals surface area contributed by atoms with Crippen molar-refractivity contribution in [2.75, 3.05) is 0 Å². The Hall–Kier alpha value is -0.520. The van der Waals surface area contributed by atoms with Crippen molar-refractivity contribution in [3.05, 3.63) is 31.2 Å². The van der Waals surface area contributed by atoms with E-state index in [-0.39, 0.29) is 0 Å². The first-order chi connectivity index (χ1) is 10.3. The molecule has 0 heteroatoms. The molecule has 21 heavy (non-hydrogen) atoms. The quantitative estimate of drug-likeness (QED) is 0.189. The Morgan fingerprint density at radius 2 is 1.00 bits per heavy atom. The van der Waals surface area contributed by atoms with Crippen molar-refractivity contribution in [1.29, 1.82) is 0 Å². The molecule has 0 aliphatic heterocycles. The maximum atomic E-state index is 3.84. The third kappa shape index (κ3) is 15.7. The topological polar surface area (TPSA) is 0 Å². The van der Waals surface area contributed by atoms with Crippen LogP contribution in [-0.4, -0.2) is 0 Å². The molecule has 123 valence electrons. The summed E-state index contributed by atoms with van der Waals surface area (Å²) in [6.45, 7) is 9.96. The second-order valence-electron chi connectivity index (χ2n) is 6.37. The zero-order valence-electron chi connectivity index (χ0n) is 14.7. The molecule has 0 heterocycles. The zero-order chi connectivity index (χ0) is 15.6. The number of unbranched alkanes of at least 4 members (excludes halogenated alkanes) is 11. The molecule has 0 bridgehead atoms. The predicted octanol–water partition coefficient (Wildman–Crippen LogP) is 7.80. The molecule has 0 saturated carbocycles. The summed E-state index contributed by atoms with van der Waals surface area (Å²) < 4.78 is 0. The van der Waals surface area contributed by atoms with E-state index in [0.29, 0.717) is 0 Å². The van der Waals surface area contributed by atoms with Gasteiger partial charge in [0, 0.05) is 0 Å². The summed E-state index contributed by atoms with van der Waals surface area (Å²) in [5, 5.41) is 0. The summed E-state index contributed by atoms with van der Waals surface area (Å²) in [6, 6.07) is 0. The van der Waals surface area contributed by atoms with Crippen molar-refractivity contribution in [3.63, 3.8) is 0 Å². The number of rotatable bonds is 17. The van der Waals surface area contributed by atoms with Crippen LogP contribution in [0.3, 0.4) is 0 Å². The Morgan fingerprint density at radius 3 is 1.38 bits per heavy atom. The summed E-state index contributed by atoms with van der Waals surface area (Å²) in [6.07, 6.45) is 24.6. The van der Waals surface area contributed by atoms with Crippen LogP contribution in [0.15, 0.2) is 25.3 Å². The highest BCUT2D eigenvalue weighted by Gasteiger charge is 2.04. The maximum absolute atomic E-state index is 3.84. The van der Waals surface area contributed by atoms with E-state index >= 15 is 0 Å². The molecule has 0 aromatic heterocycles. The van der Waals surface area contributed by atoms with Gasteiger partial charge in [0.15, 0.2) is 0 Å². The van der Waals surface area contributed by atoms with E-state index in [0.717, 1.165) is 12.8 Å². The molecular weight excluding hydrogens is 252 g/mol. The monoisotopic (exact) mass is 291 g/mol. The molecule has 0 aromatic rings. The largest absolute Gasteiger partial charge is 0.103 e. The molecule has 0 spiro atoms. The standard InChI is InChI=1S/C21H39/c1-4-7-8-9-10-11-12-13-14-15-16-17-20-21(18-5-2)19-6-3/h5-6H,2-4,7-20H2,1H3. The third-order valence-electron chi connectivity index (χ3n) is 4.25. The van der Waals surface area contributed by atoms with E-state index in [1.807, 2.05) is 12.2 Å². The molecule has 0 N–H and O–H groups in total. The Balaban J connectivity index is 3.20. The first-order valence-corrected chi connectivity index (χ1v) is 9.40. The lowest BCUT2D eigenvalue weighted by Gasteiger charge is -2.11.